The van der Waals surface area contributed by atoms with Gasteiger partial charge in [0.05, 0.1) is 6.10 Å². The lowest BCUT2D eigenvalue weighted by molar-refractivity contribution is 0.165. The third kappa shape index (κ3) is 1.29. The highest BCUT2D eigenvalue weighted by Gasteiger charge is 2.28. The van der Waals surface area contributed by atoms with Crippen molar-refractivity contribution in [1.29, 1.82) is 0 Å². The fourth-order valence-electron chi connectivity index (χ4n) is 2.01. The first kappa shape index (κ1) is 8.27. The molecular formula is C10H14OS. The summed E-state index contributed by atoms with van der Waals surface area (Å²) < 4.78 is 0. The van der Waals surface area contributed by atoms with E-state index in [-0.39, 0.29) is 6.10 Å². The first-order valence-corrected chi connectivity index (χ1v) is 5.39. The van der Waals surface area contributed by atoms with E-state index in [2.05, 4.69) is 18.4 Å². The number of hydrogen-bond donors (Lipinski definition) is 1. The average molecular weight is 182 g/mol. The average Bonchev–Trinajstić information content (AvgIpc) is 2.59. The molecule has 1 fully saturated rings. The van der Waals surface area contributed by atoms with Gasteiger partial charge in [-0.05, 0) is 36.8 Å². The van der Waals surface area contributed by atoms with Gasteiger partial charge in [-0.2, -0.15) is 0 Å². The second-order valence-corrected chi connectivity index (χ2v) is 4.52. The molecule has 0 aromatic carbocycles. The monoisotopic (exact) mass is 182 g/mol. The van der Waals surface area contributed by atoms with Gasteiger partial charge in [0.25, 0.3) is 0 Å². The molecule has 2 heteroatoms. The quantitative estimate of drug-likeness (QED) is 0.708. The molecule has 1 heterocycles. The number of aliphatic hydroxyl groups excluding tert-OH is 1. The topological polar surface area (TPSA) is 20.2 Å². The predicted molar refractivity (Wildman–Crippen MR) is 51.7 cm³/mol. The number of thiophene rings is 1. The molecule has 2 atom stereocenters. The summed E-state index contributed by atoms with van der Waals surface area (Å²) in [6.45, 7) is 2.14. The molecule has 2 rings (SSSR count). The molecule has 66 valence electrons. The van der Waals surface area contributed by atoms with Crippen LogP contribution in [-0.2, 0) is 0 Å². The normalized spacial score (nSPS) is 29.5. The first-order chi connectivity index (χ1) is 5.79. The van der Waals surface area contributed by atoms with Gasteiger partial charge in [0.15, 0.2) is 0 Å². The van der Waals surface area contributed by atoms with E-state index >= 15 is 0 Å². The molecule has 0 saturated heterocycles. The molecule has 0 radical (unpaired) electrons. The van der Waals surface area contributed by atoms with Crippen LogP contribution in [0.3, 0.4) is 0 Å². The highest BCUT2D eigenvalue weighted by molar-refractivity contribution is 7.10. The Morgan fingerprint density at radius 1 is 1.50 bits per heavy atom. The summed E-state index contributed by atoms with van der Waals surface area (Å²) in [5.41, 5.74) is 1.35. The van der Waals surface area contributed by atoms with Gasteiger partial charge in [-0.1, -0.05) is 6.42 Å². The zero-order valence-corrected chi connectivity index (χ0v) is 8.10. The minimum absolute atomic E-state index is 0.0812. The van der Waals surface area contributed by atoms with E-state index in [1.807, 2.05) is 0 Å². The maximum atomic E-state index is 9.69. The van der Waals surface area contributed by atoms with E-state index in [0.29, 0.717) is 5.92 Å². The van der Waals surface area contributed by atoms with Crippen LogP contribution in [0.2, 0.25) is 0 Å². The molecule has 1 nitrogen and oxygen atoms in total. The van der Waals surface area contributed by atoms with Crippen molar-refractivity contribution in [3.05, 3.63) is 21.9 Å². The Kier molecular flexibility index (Phi) is 2.20. The van der Waals surface area contributed by atoms with E-state index in [4.69, 9.17) is 0 Å². The Morgan fingerprint density at radius 3 is 2.83 bits per heavy atom. The van der Waals surface area contributed by atoms with Crippen LogP contribution in [0.1, 0.15) is 35.6 Å². The van der Waals surface area contributed by atoms with E-state index in [0.717, 1.165) is 6.42 Å². The standard InChI is InChI=1S/C10H14OS/c1-7-5-6-12-10(7)8-3-2-4-9(8)11/h5-6,8-9,11H,2-4H2,1H3. The molecule has 0 amide bonds. The van der Waals surface area contributed by atoms with Crippen LogP contribution in [-0.4, -0.2) is 11.2 Å². The summed E-state index contributed by atoms with van der Waals surface area (Å²) in [5.74, 6) is 0.435. The van der Waals surface area contributed by atoms with Crippen LogP contribution in [0.25, 0.3) is 0 Å². The minimum Gasteiger partial charge on any atom is -0.392 e. The number of rotatable bonds is 1. The van der Waals surface area contributed by atoms with Crippen molar-refractivity contribution in [2.24, 2.45) is 0 Å². The highest BCUT2D eigenvalue weighted by atomic mass is 32.1. The molecular weight excluding hydrogens is 168 g/mol. The van der Waals surface area contributed by atoms with Gasteiger partial charge in [-0.25, -0.2) is 0 Å². The lowest BCUT2D eigenvalue weighted by atomic mass is 10.0. The van der Waals surface area contributed by atoms with Crippen molar-refractivity contribution >= 4 is 11.3 Å². The Morgan fingerprint density at radius 2 is 2.33 bits per heavy atom. The van der Waals surface area contributed by atoms with Gasteiger partial charge >= 0.3 is 0 Å². The van der Waals surface area contributed by atoms with Gasteiger partial charge in [0.2, 0.25) is 0 Å². The van der Waals surface area contributed by atoms with Gasteiger partial charge in [0.1, 0.15) is 0 Å². The number of hydrogen-bond acceptors (Lipinski definition) is 2. The second kappa shape index (κ2) is 3.19. The number of aryl methyl sites for hydroxylation is 1. The molecule has 12 heavy (non-hydrogen) atoms. The van der Waals surface area contributed by atoms with Crippen LogP contribution in [0, 0.1) is 6.92 Å². The van der Waals surface area contributed by atoms with Crippen LogP contribution in [0.5, 0.6) is 0 Å². The first-order valence-electron chi connectivity index (χ1n) is 4.51. The van der Waals surface area contributed by atoms with E-state index in [1.54, 1.807) is 11.3 Å². The Labute approximate surface area is 77.0 Å². The predicted octanol–water partition coefficient (Wildman–Crippen LogP) is 2.68. The smallest absolute Gasteiger partial charge is 0.0616 e. The van der Waals surface area contributed by atoms with Gasteiger partial charge in [0, 0.05) is 10.8 Å². The molecule has 1 saturated carbocycles. The van der Waals surface area contributed by atoms with Crippen molar-refractivity contribution in [3.63, 3.8) is 0 Å². The Bertz CT molecular complexity index is 267. The lowest BCUT2D eigenvalue weighted by Crippen LogP contribution is -2.10. The minimum atomic E-state index is -0.0812. The summed E-state index contributed by atoms with van der Waals surface area (Å²) in [7, 11) is 0. The van der Waals surface area contributed by atoms with Gasteiger partial charge < -0.3 is 5.11 Å². The van der Waals surface area contributed by atoms with E-state index < -0.39 is 0 Å². The van der Waals surface area contributed by atoms with Crippen molar-refractivity contribution in [1.82, 2.24) is 0 Å². The SMILES string of the molecule is Cc1ccsc1C1CCCC1O. The van der Waals surface area contributed by atoms with Crippen LogP contribution >= 0.6 is 11.3 Å². The fourth-order valence-corrected chi connectivity index (χ4v) is 3.13. The lowest BCUT2D eigenvalue weighted by Gasteiger charge is -2.13. The largest absolute Gasteiger partial charge is 0.392 e. The summed E-state index contributed by atoms with van der Waals surface area (Å²) >= 11 is 1.79. The van der Waals surface area contributed by atoms with Crippen LogP contribution in [0.4, 0.5) is 0 Å². The Balaban J connectivity index is 2.24. The third-order valence-electron chi connectivity index (χ3n) is 2.72. The zero-order chi connectivity index (χ0) is 8.55. The zero-order valence-electron chi connectivity index (χ0n) is 7.29. The molecule has 0 aliphatic heterocycles. The molecule has 2 unspecified atom stereocenters. The third-order valence-corrected chi connectivity index (χ3v) is 3.87. The van der Waals surface area contributed by atoms with Crippen molar-refractivity contribution < 1.29 is 5.11 Å². The molecule has 0 bridgehead atoms. The summed E-state index contributed by atoms with van der Waals surface area (Å²) in [4.78, 5) is 1.40. The summed E-state index contributed by atoms with van der Waals surface area (Å²) in [6, 6.07) is 2.14. The molecule has 0 spiro atoms. The van der Waals surface area contributed by atoms with Crippen LogP contribution in [0.15, 0.2) is 11.4 Å². The molecule has 1 aliphatic carbocycles. The molecule has 1 aromatic rings. The van der Waals surface area contributed by atoms with Crippen molar-refractivity contribution in [2.75, 3.05) is 0 Å². The van der Waals surface area contributed by atoms with E-state index in [1.165, 1.54) is 23.3 Å². The summed E-state index contributed by atoms with van der Waals surface area (Å²) in [5, 5.41) is 11.8. The maximum absolute atomic E-state index is 9.69. The highest BCUT2D eigenvalue weighted by Crippen LogP contribution is 2.38. The van der Waals surface area contributed by atoms with Gasteiger partial charge in [-0.3, -0.25) is 0 Å². The maximum Gasteiger partial charge on any atom is 0.0616 e. The molecule has 1 aromatic heterocycles. The molecule has 1 N–H and O–H groups in total. The second-order valence-electron chi connectivity index (χ2n) is 3.57. The van der Waals surface area contributed by atoms with E-state index in [9.17, 15) is 5.11 Å². The van der Waals surface area contributed by atoms with Crippen molar-refractivity contribution in [2.45, 2.75) is 38.2 Å². The fraction of sp³-hybridized carbons (Fsp3) is 0.600. The van der Waals surface area contributed by atoms with Crippen molar-refractivity contribution in [3.8, 4) is 0 Å². The number of aliphatic hydroxyl groups is 1. The molecule has 1 aliphatic rings. The van der Waals surface area contributed by atoms with Gasteiger partial charge in [-0.15, -0.1) is 11.3 Å². The van der Waals surface area contributed by atoms with Crippen LogP contribution < -0.4 is 0 Å². The Hall–Kier alpha value is -0.340. The summed E-state index contributed by atoms with van der Waals surface area (Å²) in [6.07, 6.45) is 3.26.